The first-order chi connectivity index (χ1) is 9.61. The molecule has 0 bridgehead atoms. The fourth-order valence-electron chi connectivity index (χ4n) is 2.27. The summed E-state index contributed by atoms with van der Waals surface area (Å²) in [5, 5.41) is 8.78. The van der Waals surface area contributed by atoms with Crippen molar-refractivity contribution in [2.75, 3.05) is 17.7 Å². The normalized spacial score (nSPS) is 12.4. The highest BCUT2D eigenvalue weighted by molar-refractivity contribution is 7.09. The van der Waals surface area contributed by atoms with E-state index in [9.17, 15) is 0 Å². The Labute approximate surface area is 124 Å². The van der Waals surface area contributed by atoms with Gasteiger partial charge >= 0.3 is 0 Å². The van der Waals surface area contributed by atoms with E-state index in [-0.39, 0.29) is 0 Å². The van der Waals surface area contributed by atoms with E-state index >= 15 is 0 Å². The van der Waals surface area contributed by atoms with Crippen molar-refractivity contribution < 1.29 is 0 Å². The van der Waals surface area contributed by atoms with E-state index in [1.165, 1.54) is 4.88 Å². The maximum absolute atomic E-state index is 4.42. The van der Waals surface area contributed by atoms with E-state index in [0.29, 0.717) is 12.0 Å². The van der Waals surface area contributed by atoms with Gasteiger partial charge in [0.15, 0.2) is 0 Å². The molecule has 0 aliphatic heterocycles. The molecule has 20 heavy (non-hydrogen) atoms. The average Bonchev–Trinajstić information content (AvgIpc) is 2.90. The first-order valence-corrected chi connectivity index (χ1v) is 7.81. The molecule has 1 atom stereocenters. The molecule has 0 saturated carbocycles. The van der Waals surface area contributed by atoms with Crippen molar-refractivity contribution >= 4 is 23.0 Å². The Bertz CT molecular complexity index is 537. The molecule has 2 aromatic rings. The van der Waals surface area contributed by atoms with Crippen LogP contribution in [0.25, 0.3) is 0 Å². The lowest BCUT2D eigenvalue weighted by Gasteiger charge is -2.20. The molecule has 0 aromatic carbocycles. The molecule has 0 amide bonds. The quantitative estimate of drug-likeness (QED) is 0.851. The van der Waals surface area contributed by atoms with Gasteiger partial charge in [-0.2, -0.15) is 0 Å². The van der Waals surface area contributed by atoms with Crippen LogP contribution >= 0.6 is 11.3 Å². The molecule has 0 spiro atoms. The van der Waals surface area contributed by atoms with Crippen LogP contribution in [0.1, 0.15) is 37.1 Å². The first-order valence-electron chi connectivity index (χ1n) is 6.93. The van der Waals surface area contributed by atoms with Gasteiger partial charge in [0.05, 0.1) is 0 Å². The van der Waals surface area contributed by atoms with Crippen molar-refractivity contribution in [3.8, 4) is 0 Å². The summed E-state index contributed by atoms with van der Waals surface area (Å²) in [7, 11) is 1.90. The van der Waals surface area contributed by atoms with Gasteiger partial charge in [-0.3, -0.25) is 0 Å². The number of hydrogen-bond acceptors (Lipinski definition) is 5. The predicted molar refractivity (Wildman–Crippen MR) is 86.8 cm³/mol. The van der Waals surface area contributed by atoms with E-state index in [1.807, 2.05) is 7.05 Å². The van der Waals surface area contributed by atoms with Gasteiger partial charge in [0, 0.05) is 30.0 Å². The van der Waals surface area contributed by atoms with Crippen LogP contribution in [-0.2, 0) is 6.42 Å². The van der Waals surface area contributed by atoms with Crippen LogP contribution in [0.2, 0.25) is 0 Å². The molecule has 5 heteroatoms. The zero-order chi connectivity index (χ0) is 14.5. The van der Waals surface area contributed by atoms with Crippen molar-refractivity contribution in [1.29, 1.82) is 0 Å². The lowest BCUT2D eigenvalue weighted by molar-refractivity contribution is 0.777. The van der Waals surface area contributed by atoms with Crippen molar-refractivity contribution in [2.24, 2.45) is 0 Å². The summed E-state index contributed by atoms with van der Waals surface area (Å²) in [5.41, 5.74) is 1.15. The summed E-state index contributed by atoms with van der Waals surface area (Å²) in [6.45, 7) is 6.51. The summed E-state index contributed by atoms with van der Waals surface area (Å²) in [5.74, 6) is 2.21. The van der Waals surface area contributed by atoms with Gasteiger partial charge in [-0.15, -0.1) is 11.3 Å². The van der Waals surface area contributed by atoms with Gasteiger partial charge in [0.2, 0.25) is 0 Å². The van der Waals surface area contributed by atoms with E-state index in [4.69, 9.17) is 0 Å². The maximum Gasteiger partial charge on any atom is 0.135 e. The number of anilines is 2. The molecule has 2 heterocycles. The number of hydrogen-bond donors (Lipinski definition) is 2. The zero-order valence-corrected chi connectivity index (χ0v) is 13.3. The van der Waals surface area contributed by atoms with E-state index in [1.54, 1.807) is 17.7 Å². The lowest BCUT2D eigenvalue weighted by atomic mass is 10.0. The van der Waals surface area contributed by atoms with Crippen LogP contribution < -0.4 is 10.6 Å². The first kappa shape index (κ1) is 14.8. The Kier molecular flexibility index (Phi) is 4.95. The molecule has 4 nitrogen and oxygen atoms in total. The van der Waals surface area contributed by atoms with Gasteiger partial charge < -0.3 is 10.6 Å². The topological polar surface area (TPSA) is 49.8 Å². The zero-order valence-electron chi connectivity index (χ0n) is 12.5. The standard InChI is InChI=1S/C15H22N4S/c1-10(2)13-14(16-4)17-9-18-15(13)19-11(3)8-12-6-5-7-20-12/h5-7,9-11H,8H2,1-4H3,(H2,16,17,18,19). The number of nitrogens with zero attached hydrogens (tertiary/aromatic N) is 2. The molecular formula is C15H22N4S. The highest BCUT2D eigenvalue weighted by atomic mass is 32.1. The number of nitrogens with one attached hydrogen (secondary N) is 2. The highest BCUT2D eigenvalue weighted by Crippen LogP contribution is 2.28. The molecule has 2 N–H and O–H groups in total. The van der Waals surface area contributed by atoms with Crippen LogP contribution in [0, 0.1) is 0 Å². The minimum absolute atomic E-state index is 0.339. The number of aromatic nitrogens is 2. The van der Waals surface area contributed by atoms with Gasteiger partial charge in [-0.25, -0.2) is 9.97 Å². The van der Waals surface area contributed by atoms with Gasteiger partial charge in [-0.1, -0.05) is 19.9 Å². The Balaban J connectivity index is 2.16. The fraction of sp³-hybridized carbons (Fsp3) is 0.467. The number of thiophene rings is 1. The minimum atomic E-state index is 0.339. The smallest absolute Gasteiger partial charge is 0.135 e. The molecule has 0 aliphatic carbocycles. The molecule has 0 radical (unpaired) electrons. The van der Waals surface area contributed by atoms with Gasteiger partial charge in [0.25, 0.3) is 0 Å². The van der Waals surface area contributed by atoms with E-state index < -0.39 is 0 Å². The van der Waals surface area contributed by atoms with E-state index in [0.717, 1.165) is 23.6 Å². The van der Waals surface area contributed by atoms with Crippen LogP contribution in [0.4, 0.5) is 11.6 Å². The predicted octanol–water partition coefficient (Wildman–Crippen LogP) is 3.75. The molecule has 0 fully saturated rings. The molecule has 2 rings (SSSR count). The second-order valence-electron chi connectivity index (χ2n) is 5.22. The van der Waals surface area contributed by atoms with Crippen LogP contribution in [0.3, 0.4) is 0 Å². The average molecular weight is 290 g/mol. The molecule has 0 aliphatic rings. The monoisotopic (exact) mass is 290 g/mol. The fourth-order valence-corrected chi connectivity index (χ4v) is 3.11. The highest BCUT2D eigenvalue weighted by Gasteiger charge is 2.16. The molecule has 0 saturated heterocycles. The second-order valence-corrected chi connectivity index (χ2v) is 6.25. The summed E-state index contributed by atoms with van der Waals surface area (Å²) in [6.07, 6.45) is 2.62. The van der Waals surface area contributed by atoms with Crippen molar-refractivity contribution in [1.82, 2.24) is 9.97 Å². The molecule has 1 unspecified atom stereocenters. The van der Waals surface area contributed by atoms with Crippen LogP contribution in [-0.4, -0.2) is 23.1 Å². The summed E-state index contributed by atoms with van der Waals surface area (Å²) >= 11 is 1.79. The lowest BCUT2D eigenvalue weighted by Crippen LogP contribution is -2.20. The third-order valence-corrected chi connectivity index (χ3v) is 4.07. The SMILES string of the molecule is CNc1ncnc(NC(C)Cc2cccs2)c1C(C)C. The van der Waals surface area contributed by atoms with Gasteiger partial charge in [0.1, 0.15) is 18.0 Å². The van der Waals surface area contributed by atoms with E-state index in [2.05, 4.69) is 58.9 Å². The summed E-state index contributed by atoms with van der Waals surface area (Å²) in [4.78, 5) is 10.1. The number of rotatable bonds is 6. The minimum Gasteiger partial charge on any atom is -0.373 e. The third kappa shape index (κ3) is 3.48. The molecule has 2 aromatic heterocycles. The van der Waals surface area contributed by atoms with Crippen molar-refractivity contribution in [3.05, 3.63) is 34.3 Å². The largest absolute Gasteiger partial charge is 0.373 e. The van der Waals surface area contributed by atoms with Crippen LogP contribution in [0.5, 0.6) is 0 Å². The summed E-state index contributed by atoms with van der Waals surface area (Å²) < 4.78 is 0. The Morgan fingerprint density at radius 1 is 1.20 bits per heavy atom. The van der Waals surface area contributed by atoms with Gasteiger partial charge in [-0.05, 0) is 24.3 Å². The van der Waals surface area contributed by atoms with Crippen LogP contribution in [0.15, 0.2) is 23.8 Å². The summed E-state index contributed by atoms with van der Waals surface area (Å²) in [6, 6.07) is 4.60. The Hall–Kier alpha value is -1.62. The Morgan fingerprint density at radius 3 is 2.55 bits per heavy atom. The van der Waals surface area contributed by atoms with Crippen molar-refractivity contribution in [3.63, 3.8) is 0 Å². The third-order valence-electron chi connectivity index (χ3n) is 3.17. The Morgan fingerprint density at radius 2 is 1.95 bits per heavy atom. The van der Waals surface area contributed by atoms with Crippen molar-refractivity contribution in [2.45, 2.75) is 39.2 Å². The maximum atomic E-state index is 4.42. The molecule has 108 valence electrons. The molecular weight excluding hydrogens is 268 g/mol. The second kappa shape index (κ2) is 6.70.